The van der Waals surface area contributed by atoms with Gasteiger partial charge in [-0.2, -0.15) is 0 Å². The highest BCUT2D eigenvalue weighted by atomic mass is 79.9. The lowest BCUT2D eigenvalue weighted by Gasteiger charge is -1.98. The summed E-state index contributed by atoms with van der Waals surface area (Å²) in [5, 5.41) is 1.72. The van der Waals surface area contributed by atoms with E-state index in [9.17, 15) is 0 Å². The fourth-order valence-corrected chi connectivity index (χ4v) is 3.31. The minimum Gasteiger partial charge on any atom is -0.331 e. The van der Waals surface area contributed by atoms with Gasteiger partial charge in [0.15, 0.2) is 0 Å². The monoisotopic (exact) mass is 353 g/mol. The third-order valence-corrected chi connectivity index (χ3v) is 4.76. The first kappa shape index (κ1) is 12.8. The Bertz CT molecular complexity index is 676. The fraction of sp³-hybridized carbons (Fsp3) is 0.0769. The quantitative estimate of drug-likeness (QED) is 0.694. The van der Waals surface area contributed by atoms with Gasteiger partial charge in [-0.1, -0.05) is 23.7 Å². The molecule has 0 spiro atoms. The molecular weight excluding hydrogens is 346 g/mol. The van der Waals surface area contributed by atoms with Crippen molar-refractivity contribution < 1.29 is 0 Å². The van der Waals surface area contributed by atoms with Gasteiger partial charge in [-0.25, -0.2) is 9.97 Å². The standard InChI is InChI=1S/C13H9BrClN3S/c14-12-11(7-18-6-5-16-8-18)17-13(19-12)9-1-3-10(15)4-2-9/h1-6,8H,7H2. The van der Waals surface area contributed by atoms with Crippen LogP contribution in [-0.4, -0.2) is 14.5 Å². The molecule has 0 N–H and O–H groups in total. The van der Waals surface area contributed by atoms with Crippen molar-refractivity contribution in [2.75, 3.05) is 0 Å². The normalized spacial score (nSPS) is 10.8. The molecule has 2 aromatic heterocycles. The van der Waals surface area contributed by atoms with E-state index in [1.54, 1.807) is 23.9 Å². The van der Waals surface area contributed by atoms with E-state index in [1.807, 2.05) is 35.0 Å². The first-order valence-corrected chi connectivity index (χ1v) is 7.58. The molecule has 19 heavy (non-hydrogen) atoms. The highest BCUT2D eigenvalue weighted by Gasteiger charge is 2.11. The first-order chi connectivity index (χ1) is 9.22. The van der Waals surface area contributed by atoms with E-state index >= 15 is 0 Å². The molecule has 0 aliphatic rings. The summed E-state index contributed by atoms with van der Waals surface area (Å²) in [6.07, 6.45) is 5.47. The molecular formula is C13H9BrClN3S. The van der Waals surface area contributed by atoms with Gasteiger partial charge < -0.3 is 4.57 Å². The molecule has 0 fully saturated rings. The van der Waals surface area contributed by atoms with Crippen LogP contribution >= 0.6 is 38.9 Å². The number of hydrogen-bond donors (Lipinski definition) is 0. The molecule has 3 aromatic rings. The van der Waals surface area contributed by atoms with E-state index in [2.05, 4.69) is 25.9 Å². The molecule has 96 valence electrons. The molecule has 0 unspecified atom stereocenters. The molecule has 0 aliphatic carbocycles. The molecule has 0 saturated carbocycles. The van der Waals surface area contributed by atoms with Crippen molar-refractivity contribution in [3.05, 3.63) is 57.5 Å². The molecule has 1 aromatic carbocycles. The van der Waals surface area contributed by atoms with Crippen molar-refractivity contribution in [2.45, 2.75) is 6.54 Å². The number of benzene rings is 1. The van der Waals surface area contributed by atoms with Crippen LogP contribution in [0, 0.1) is 0 Å². The molecule has 6 heteroatoms. The van der Waals surface area contributed by atoms with Crippen LogP contribution in [-0.2, 0) is 6.54 Å². The van der Waals surface area contributed by atoms with Crippen LogP contribution in [0.2, 0.25) is 5.02 Å². The van der Waals surface area contributed by atoms with Crippen molar-refractivity contribution in [2.24, 2.45) is 0 Å². The predicted molar refractivity (Wildman–Crippen MR) is 81.6 cm³/mol. The summed E-state index contributed by atoms with van der Waals surface area (Å²) in [5.74, 6) is 0. The van der Waals surface area contributed by atoms with Gasteiger partial charge in [-0.15, -0.1) is 11.3 Å². The maximum absolute atomic E-state index is 5.89. The summed E-state index contributed by atoms with van der Waals surface area (Å²) < 4.78 is 3.04. The Morgan fingerprint density at radius 3 is 2.74 bits per heavy atom. The molecule has 3 nitrogen and oxygen atoms in total. The Balaban J connectivity index is 1.90. The highest BCUT2D eigenvalue weighted by molar-refractivity contribution is 9.11. The molecule has 0 bridgehead atoms. The smallest absolute Gasteiger partial charge is 0.124 e. The van der Waals surface area contributed by atoms with Crippen molar-refractivity contribution in [1.29, 1.82) is 0 Å². The van der Waals surface area contributed by atoms with E-state index in [0.717, 1.165) is 25.1 Å². The topological polar surface area (TPSA) is 30.7 Å². The molecule has 0 amide bonds. The summed E-state index contributed by atoms with van der Waals surface area (Å²) in [6, 6.07) is 7.71. The zero-order valence-corrected chi connectivity index (χ0v) is 12.9. The number of hydrogen-bond acceptors (Lipinski definition) is 3. The fourth-order valence-electron chi connectivity index (χ4n) is 1.70. The lowest BCUT2D eigenvalue weighted by Crippen LogP contribution is -1.97. The molecule has 0 saturated heterocycles. The van der Waals surface area contributed by atoms with E-state index in [0.29, 0.717) is 6.54 Å². The third kappa shape index (κ3) is 2.88. The second kappa shape index (κ2) is 5.45. The predicted octanol–water partition coefficient (Wildman–Crippen LogP) is 4.47. The minimum atomic E-state index is 0.713. The number of thiazole rings is 1. The second-order valence-electron chi connectivity index (χ2n) is 3.98. The number of aromatic nitrogens is 3. The molecule has 3 rings (SSSR count). The Kier molecular flexibility index (Phi) is 3.68. The van der Waals surface area contributed by atoms with E-state index in [-0.39, 0.29) is 0 Å². The number of imidazole rings is 1. The molecule has 2 heterocycles. The van der Waals surface area contributed by atoms with Gasteiger partial charge in [0.25, 0.3) is 0 Å². The van der Waals surface area contributed by atoms with E-state index < -0.39 is 0 Å². The zero-order chi connectivity index (χ0) is 13.2. The Hall–Kier alpha value is -1.17. The summed E-state index contributed by atoms with van der Waals surface area (Å²) in [6.45, 7) is 0.713. The van der Waals surface area contributed by atoms with E-state index in [1.165, 1.54) is 0 Å². The number of rotatable bonds is 3. The summed E-state index contributed by atoms with van der Waals surface area (Å²) >= 11 is 11.1. The van der Waals surface area contributed by atoms with Crippen LogP contribution in [0.25, 0.3) is 10.6 Å². The second-order valence-corrected chi connectivity index (χ2v) is 6.73. The van der Waals surface area contributed by atoms with E-state index in [4.69, 9.17) is 11.6 Å². The molecule has 0 radical (unpaired) electrons. The average Bonchev–Trinajstić information content (AvgIpc) is 3.02. The zero-order valence-electron chi connectivity index (χ0n) is 9.75. The van der Waals surface area contributed by atoms with Crippen LogP contribution in [0.3, 0.4) is 0 Å². The van der Waals surface area contributed by atoms with Gasteiger partial charge in [0.2, 0.25) is 0 Å². The van der Waals surface area contributed by atoms with Gasteiger partial charge in [0.1, 0.15) is 5.01 Å². The summed E-state index contributed by atoms with van der Waals surface area (Å²) in [5.41, 5.74) is 2.08. The largest absolute Gasteiger partial charge is 0.331 e. The van der Waals surface area contributed by atoms with Crippen molar-refractivity contribution >= 4 is 38.9 Å². The first-order valence-electron chi connectivity index (χ1n) is 5.59. The SMILES string of the molecule is Clc1ccc(-c2nc(Cn3ccnc3)c(Br)s2)cc1. The van der Waals surface area contributed by atoms with Crippen molar-refractivity contribution in [3.63, 3.8) is 0 Å². The van der Waals surface area contributed by atoms with Crippen LogP contribution < -0.4 is 0 Å². The van der Waals surface area contributed by atoms with Crippen LogP contribution in [0.4, 0.5) is 0 Å². The van der Waals surface area contributed by atoms with Crippen LogP contribution in [0.1, 0.15) is 5.69 Å². The number of nitrogens with zero attached hydrogens (tertiary/aromatic N) is 3. The lowest BCUT2D eigenvalue weighted by molar-refractivity contribution is 0.776. The van der Waals surface area contributed by atoms with Crippen molar-refractivity contribution in [3.8, 4) is 10.6 Å². The van der Waals surface area contributed by atoms with Gasteiger partial charge in [-0.05, 0) is 28.1 Å². The highest BCUT2D eigenvalue weighted by Crippen LogP contribution is 2.32. The molecule has 0 atom stereocenters. The number of halogens is 2. The van der Waals surface area contributed by atoms with Crippen LogP contribution in [0.5, 0.6) is 0 Å². The Morgan fingerprint density at radius 1 is 1.26 bits per heavy atom. The average molecular weight is 355 g/mol. The van der Waals surface area contributed by atoms with Gasteiger partial charge in [0.05, 0.1) is 22.4 Å². The van der Waals surface area contributed by atoms with Gasteiger partial charge in [0, 0.05) is 23.0 Å². The third-order valence-electron chi connectivity index (χ3n) is 2.63. The Labute approximate surface area is 128 Å². The van der Waals surface area contributed by atoms with Crippen molar-refractivity contribution in [1.82, 2.24) is 14.5 Å². The maximum atomic E-state index is 5.89. The van der Waals surface area contributed by atoms with Gasteiger partial charge in [-0.3, -0.25) is 0 Å². The summed E-state index contributed by atoms with van der Waals surface area (Å²) in [7, 11) is 0. The molecule has 0 aliphatic heterocycles. The minimum absolute atomic E-state index is 0.713. The van der Waals surface area contributed by atoms with Gasteiger partial charge >= 0.3 is 0 Å². The Morgan fingerprint density at radius 2 is 2.05 bits per heavy atom. The van der Waals surface area contributed by atoms with Crippen LogP contribution in [0.15, 0.2) is 46.8 Å². The summed E-state index contributed by atoms with van der Waals surface area (Å²) in [4.78, 5) is 8.70. The lowest BCUT2D eigenvalue weighted by atomic mass is 10.2. The maximum Gasteiger partial charge on any atom is 0.124 e.